The van der Waals surface area contributed by atoms with Crippen molar-refractivity contribution in [3.8, 4) is 0 Å². The van der Waals surface area contributed by atoms with E-state index in [9.17, 15) is 0 Å². The molecule has 3 N–H and O–H groups in total. The van der Waals surface area contributed by atoms with Gasteiger partial charge in [-0.1, -0.05) is 13.3 Å². The smallest absolute Gasteiger partial charge is 0.0473 e. The molecule has 3 heteroatoms. The molecule has 98 valence electrons. The fourth-order valence-electron chi connectivity index (χ4n) is 3.93. The van der Waals surface area contributed by atoms with E-state index in [-0.39, 0.29) is 5.54 Å². The van der Waals surface area contributed by atoms with Crippen LogP contribution in [0.2, 0.25) is 0 Å². The van der Waals surface area contributed by atoms with Crippen molar-refractivity contribution in [3.05, 3.63) is 0 Å². The lowest BCUT2D eigenvalue weighted by molar-refractivity contribution is 0.139. The lowest BCUT2D eigenvalue weighted by Gasteiger charge is -2.41. The maximum absolute atomic E-state index is 6.13. The Morgan fingerprint density at radius 3 is 2.88 bits per heavy atom. The van der Waals surface area contributed by atoms with Gasteiger partial charge < -0.3 is 11.1 Å². The van der Waals surface area contributed by atoms with Crippen molar-refractivity contribution in [2.45, 2.75) is 50.6 Å². The standard InChI is InChI=1S/C14H27N3/c1-11-8-12(11)9-16-14(10-15)5-7-17-6-3-2-4-13(14)17/h11-13,16H,2-10,15H2,1H3. The highest BCUT2D eigenvalue weighted by Gasteiger charge is 2.47. The summed E-state index contributed by atoms with van der Waals surface area (Å²) in [5.74, 6) is 1.87. The number of hydrogen-bond donors (Lipinski definition) is 2. The van der Waals surface area contributed by atoms with E-state index in [0.717, 1.165) is 24.4 Å². The maximum atomic E-state index is 6.13. The molecule has 2 heterocycles. The third-order valence-electron chi connectivity index (χ3n) is 5.45. The second-order valence-electron chi connectivity index (χ2n) is 6.51. The first-order valence-electron chi connectivity index (χ1n) is 7.44. The summed E-state index contributed by atoms with van der Waals surface area (Å²) in [4.78, 5) is 2.68. The topological polar surface area (TPSA) is 41.3 Å². The molecule has 4 unspecified atom stereocenters. The third-order valence-corrected chi connectivity index (χ3v) is 5.45. The number of nitrogens with two attached hydrogens (primary N) is 1. The minimum absolute atomic E-state index is 0.239. The maximum Gasteiger partial charge on any atom is 0.0473 e. The van der Waals surface area contributed by atoms with E-state index in [1.807, 2.05) is 0 Å². The van der Waals surface area contributed by atoms with E-state index in [4.69, 9.17) is 5.73 Å². The Kier molecular flexibility index (Phi) is 3.18. The zero-order valence-electron chi connectivity index (χ0n) is 11.1. The van der Waals surface area contributed by atoms with Crippen molar-refractivity contribution in [1.82, 2.24) is 10.2 Å². The van der Waals surface area contributed by atoms with Crippen molar-refractivity contribution in [2.24, 2.45) is 17.6 Å². The second kappa shape index (κ2) is 4.52. The summed E-state index contributed by atoms with van der Waals surface area (Å²) < 4.78 is 0. The molecular weight excluding hydrogens is 210 g/mol. The minimum Gasteiger partial charge on any atom is -0.329 e. The van der Waals surface area contributed by atoms with Crippen molar-refractivity contribution < 1.29 is 0 Å². The van der Waals surface area contributed by atoms with Crippen LogP contribution in [0.1, 0.15) is 39.0 Å². The van der Waals surface area contributed by atoms with Crippen LogP contribution in [0.15, 0.2) is 0 Å². The molecule has 1 aliphatic carbocycles. The van der Waals surface area contributed by atoms with Gasteiger partial charge in [0.1, 0.15) is 0 Å². The minimum atomic E-state index is 0.239. The molecule has 0 aromatic rings. The molecule has 0 amide bonds. The molecule has 3 rings (SSSR count). The number of nitrogens with one attached hydrogen (secondary N) is 1. The molecule has 0 radical (unpaired) electrons. The highest BCUT2D eigenvalue weighted by atomic mass is 15.3. The van der Waals surface area contributed by atoms with E-state index in [0.29, 0.717) is 0 Å². The van der Waals surface area contributed by atoms with Crippen LogP contribution >= 0.6 is 0 Å². The Morgan fingerprint density at radius 1 is 1.35 bits per heavy atom. The fraction of sp³-hybridized carbons (Fsp3) is 1.00. The van der Waals surface area contributed by atoms with Crippen molar-refractivity contribution in [2.75, 3.05) is 26.2 Å². The number of fused-ring (bicyclic) bond motifs is 1. The molecule has 1 saturated carbocycles. The quantitative estimate of drug-likeness (QED) is 0.772. The normalized spacial score (nSPS) is 45.9. The van der Waals surface area contributed by atoms with Gasteiger partial charge in [0.25, 0.3) is 0 Å². The Bertz CT molecular complexity index is 281. The average Bonchev–Trinajstić information content (AvgIpc) is 2.95. The molecule has 3 aliphatic rings. The van der Waals surface area contributed by atoms with Crippen LogP contribution in [0.4, 0.5) is 0 Å². The molecule has 2 aliphatic heterocycles. The van der Waals surface area contributed by atoms with Gasteiger partial charge in [-0.15, -0.1) is 0 Å². The first kappa shape index (κ1) is 11.9. The van der Waals surface area contributed by atoms with Crippen molar-refractivity contribution in [3.63, 3.8) is 0 Å². The van der Waals surface area contributed by atoms with Gasteiger partial charge in [0.2, 0.25) is 0 Å². The summed E-state index contributed by atoms with van der Waals surface area (Å²) in [7, 11) is 0. The number of rotatable bonds is 4. The zero-order valence-corrected chi connectivity index (χ0v) is 11.1. The van der Waals surface area contributed by atoms with E-state index in [1.54, 1.807) is 0 Å². The van der Waals surface area contributed by atoms with E-state index >= 15 is 0 Å². The number of nitrogens with zero attached hydrogens (tertiary/aromatic N) is 1. The van der Waals surface area contributed by atoms with Crippen LogP contribution in [0.25, 0.3) is 0 Å². The summed E-state index contributed by atoms with van der Waals surface area (Å²) in [5.41, 5.74) is 6.37. The average molecular weight is 237 g/mol. The summed E-state index contributed by atoms with van der Waals surface area (Å²) >= 11 is 0. The number of hydrogen-bond acceptors (Lipinski definition) is 3. The molecule has 0 aromatic carbocycles. The first-order chi connectivity index (χ1) is 8.25. The van der Waals surface area contributed by atoms with Crippen LogP contribution in [-0.2, 0) is 0 Å². The van der Waals surface area contributed by atoms with Gasteiger partial charge in [-0.2, -0.15) is 0 Å². The third kappa shape index (κ3) is 2.13. The predicted molar refractivity (Wildman–Crippen MR) is 70.9 cm³/mol. The van der Waals surface area contributed by atoms with Gasteiger partial charge in [0, 0.05) is 24.7 Å². The fourth-order valence-corrected chi connectivity index (χ4v) is 3.93. The first-order valence-corrected chi connectivity index (χ1v) is 7.44. The summed E-state index contributed by atoms with van der Waals surface area (Å²) in [6.45, 7) is 6.93. The molecule has 0 aromatic heterocycles. The molecule has 17 heavy (non-hydrogen) atoms. The van der Waals surface area contributed by atoms with E-state index in [1.165, 1.54) is 51.7 Å². The molecule has 3 fully saturated rings. The highest BCUT2D eigenvalue weighted by Crippen LogP contribution is 2.39. The molecular formula is C14H27N3. The zero-order chi connectivity index (χ0) is 11.9. The van der Waals surface area contributed by atoms with Crippen LogP contribution in [0, 0.1) is 11.8 Å². The monoisotopic (exact) mass is 237 g/mol. The Hall–Kier alpha value is -0.120. The van der Waals surface area contributed by atoms with Crippen LogP contribution in [0.3, 0.4) is 0 Å². The highest BCUT2D eigenvalue weighted by molar-refractivity contribution is 5.08. The van der Waals surface area contributed by atoms with E-state index < -0.39 is 0 Å². The SMILES string of the molecule is CC1CC1CNC1(CN)CCN2CCCCC21. The second-order valence-corrected chi connectivity index (χ2v) is 6.51. The molecule has 0 bridgehead atoms. The predicted octanol–water partition coefficient (Wildman–Crippen LogP) is 1.19. The van der Waals surface area contributed by atoms with Crippen LogP contribution < -0.4 is 11.1 Å². The molecule has 2 saturated heterocycles. The van der Waals surface area contributed by atoms with Gasteiger partial charge in [-0.3, -0.25) is 4.90 Å². The van der Waals surface area contributed by atoms with E-state index in [2.05, 4.69) is 17.1 Å². The van der Waals surface area contributed by atoms with Crippen molar-refractivity contribution in [1.29, 1.82) is 0 Å². The largest absolute Gasteiger partial charge is 0.329 e. The van der Waals surface area contributed by atoms with Gasteiger partial charge in [-0.05, 0) is 50.6 Å². The van der Waals surface area contributed by atoms with Crippen LogP contribution in [0.5, 0.6) is 0 Å². The van der Waals surface area contributed by atoms with Gasteiger partial charge >= 0.3 is 0 Å². The summed E-state index contributed by atoms with van der Waals surface area (Å²) in [6, 6.07) is 0.718. The molecule has 0 spiro atoms. The molecule has 3 nitrogen and oxygen atoms in total. The Balaban J connectivity index is 1.64. The Morgan fingerprint density at radius 2 is 2.18 bits per heavy atom. The van der Waals surface area contributed by atoms with Gasteiger partial charge in [0.05, 0.1) is 0 Å². The molecule has 4 atom stereocenters. The summed E-state index contributed by atoms with van der Waals surface area (Å²) in [5, 5.41) is 3.87. The van der Waals surface area contributed by atoms with Gasteiger partial charge in [-0.25, -0.2) is 0 Å². The van der Waals surface area contributed by atoms with Crippen LogP contribution in [-0.4, -0.2) is 42.7 Å². The number of piperidine rings is 1. The lowest BCUT2D eigenvalue weighted by Crippen LogP contribution is -2.60. The summed E-state index contributed by atoms with van der Waals surface area (Å²) in [6.07, 6.45) is 6.81. The van der Waals surface area contributed by atoms with Gasteiger partial charge in [0.15, 0.2) is 0 Å². The Labute approximate surface area is 105 Å². The lowest BCUT2D eigenvalue weighted by atomic mass is 9.85. The van der Waals surface area contributed by atoms with Crippen molar-refractivity contribution >= 4 is 0 Å².